The molecular weight excluding hydrogens is 971 g/mol. The number of halogens is 1. The Labute approximate surface area is 445 Å². The Morgan fingerprint density at radius 2 is 0.958 bits per heavy atom. The molecule has 0 bridgehead atoms. The van der Waals surface area contributed by atoms with Crippen molar-refractivity contribution in [3.63, 3.8) is 0 Å². The summed E-state index contributed by atoms with van der Waals surface area (Å²) >= 11 is 3.43. The second kappa shape index (κ2) is 23.3. The zero-order valence-corrected chi connectivity index (χ0v) is 47.3. The lowest BCUT2D eigenvalue weighted by Crippen LogP contribution is -2.58. The molecule has 0 spiro atoms. The SMILES string of the molecule is C.CC(=O)N1CCCCC1.COC[C@]12CC[C@@](C)(O)C[C@@H]1CC[C@H]1[C@@H]3CC[C@H](C(=O)CBr)[C@@]3(C)CC[C@@H]12.COC[C@]12CC[C@@](C)(O)C[C@@H]1CC[C@H]1[C@@H]3CC[C@H](C(=O)CN4CCN(C(C)=O)CC4)[C@@]3(C)CC[C@@H]12. The van der Waals surface area contributed by atoms with Crippen LogP contribution in [0, 0.1) is 80.8 Å². The first-order valence-corrected chi connectivity index (χ1v) is 30.1. The third-order valence-corrected chi connectivity index (χ3v) is 23.6. The lowest BCUT2D eigenvalue weighted by Gasteiger charge is -2.62. The van der Waals surface area contributed by atoms with E-state index in [0.717, 1.165) is 116 Å². The highest BCUT2D eigenvalue weighted by atomic mass is 79.9. The molecule has 8 saturated carbocycles. The van der Waals surface area contributed by atoms with Gasteiger partial charge in [0.05, 0.1) is 36.3 Å². The van der Waals surface area contributed by atoms with Crippen molar-refractivity contribution in [2.24, 2.45) is 80.8 Å². The second-order valence-electron chi connectivity index (χ2n) is 26.8. The average molecular weight is 1070 g/mol. The molecule has 2 aliphatic heterocycles. The van der Waals surface area contributed by atoms with Gasteiger partial charge < -0.3 is 29.5 Å². The largest absolute Gasteiger partial charge is 0.390 e. The summed E-state index contributed by atoms with van der Waals surface area (Å²) in [6, 6.07) is 0. The van der Waals surface area contributed by atoms with Crippen LogP contribution >= 0.6 is 15.9 Å². The topological polar surface area (TPSA) is 137 Å². The first-order valence-electron chi connectivity index (χ1n) is 28.9. The minimum Gasteiger partial charge on any atom is -0.390 e. The number of methoxy groups -OCH3 is 2. The number of hydrogen-bond donors (Lipinski definition) is 2. The summed E-state index contributed by atoms with van der Waals surface area (Å²) in [6.45, 7) is 19.5. The number of hydrogen-bond acceptors (Lipinski definition) is 9. The van der Waals surface area contributed by atoms with Gasteiger partial charge in [0, 0.05) is 79.2 Å². The Hall–Kier alpha value is -1.44. The molecule has 412 valence electrons. The maximum atomic E-state index is 13.6. The van der Waals surface area contributed by atoms with E-state index in [-0.39, 0.29) is 52.7 Å². The minimum atomic E-state index is -0.529. The van der Waals surface area contributed by atoms with Gasteiger partial charge in [0.15, 0.2) is 0 Å². The molecule has 0 unspecified atom stereocenters. The van der Waals surface area contributed by atoms with E-state index < -0.39 is 11.2 Å². The predicted molar refractivity (Wildman–Crippen MR) is 289 cm³/mol. The van der Waals surface area contributed by atoms with Crippen LogP contribution in [0.2, 0.25) is 0 Å². The third kappa shape index (κ3) is 11.3. The Kier molecular flexibility index (Phi) is 18.8. The molecule has 72 heavy (non-hydrogen) atoms. The van der Waals surface area contributed by atoms with E-state index in [1.807, 2.05) is 37.9 Å². The molecule has 10 rings (SSSR count). The molecule has 2 amide bonds. The fourth-order valence-electron chi connectivity index (χ4n) is 19.5. The molecular formula is C60H102BrN3O8. The number of carbonyl (C=O) groups is 4. The number of alkyl halides is 1. The number of nitrogens with zero attached hydrogens (tertiary/aromatic N) is 3. The quantitative estimate of drug-likeness (QED) is 0.216. The number of piperazine rings is 1. The van der Waals surface area contributed by atoms with Crippen molar-refractivity contribution in [1.29, 1.82) is 0 Å². The summed E-state index contributed by atoms with van der Waals surface area (Å²) in [4.78, 5) is 54.7. The number of Topliss-reactive ketones (excluding diaryl/α,β-unsaturated/α-hetero) is 2. The smallest absolute Gasteiger partial charge is 0.219 e. The highest BCUT2D eigenvalue weighted by Gasteiger charge is 2.65. The van der Waals surface area contributed by atoms with Gasteiger partial charge in [0.1, 0.15) is 11.6 Å². The van der Waals surface area contributed by atoms with Crippen LogP contribution in [0.3, 0.4) is 0 Å². The van der Waals surface area contributed by atoms with Gasteiger partial charge in [-0.25, -0.2) is 0 Å². The highest BCUT2D eigenvalue weighted by Crippen LogP contribution is 2.70. The monoisotopic (exact) mass is 1070 g/mol. The summed E-state index contributed by atoms with van der Waals surface area (Å²) in [5, 5.41) is 22.1. The molecule has 2 saturated heterocycles. The van der Waals surface area contributed by atoms with E-state index in [4.69, 9.17) is 9.47 Å². The van der Waals surface area contributed by atoms with Crippen molar-refractivity contribution >= 4 is 39.3 Å². The van der Waals surface area contributed by atoms with Crippen LogP contribution in [0.4, 0.5) is 0 Å². The number of piperidine rings is 1. The summed E-state index contributed by atoms with van der Waals surface area (Å²) < 4.78 is 11.7. The number of ether oxygens (including phenoxy) is 2. The van der Waals surface area contributed by atoms with Crippen molar-refractivity contribution in [2.45, 2.75) is 195 Å². The molecule has 2 heterocycles. The van der Waals surface area contributed by atoms with Crippen LogP contribution in [0.25, 0.3) is 0 Å². The predicted octanol–water partition coefficient (Wildman–Crippen LogP) is 10.4. The van der Waals surface area contributed by atoms with E-state index in [0.29, 0.717) is 64.9 Å². The van der Waals surface area contributed by atoms with Crippen molar-refractivity contribution < 1.29 is 38.9 Å². The van der Waals surface area contributed by atoms with E-state index >= 15 is 0 Å². The van der Waals surface area contributed by atoms with Crippen LogP contribution in [0.1, 0.15) is 184 Å². The highest BCUT2D eigenvalue weighted by molar-refractivity contribution is 9.09. The number of rotatable bonds is 9. The summed E-state index contributed by atoms with van der Waals surface area (Å²) in [6.07, 6.45) is 23.8. The fourth-order valence-corrected chi connectivity index (χ4v) is 19.9. The normalized spacial score (nSPS) is 44.3. The van der Waals surface area contributed by atoms with Gasteiger partial charge >= 0.3 is 0 Å². The van der Waals surface area contributed by atoms with E-state index in [9.17, 15) is 29.4 Å². The average Bonchev–Trinajstić information content (AvgIpc) is 3.89. The molecule has 0 aromatic rings. The third-order valence-electron chi connectivity index (χ3n) is 23.0. The van der Waals surface area contributed by atoms with Crippen molar-refractivity contribution in [3.8, 4) is 0 Å². The molecule has 16 atom stereocenters. The Morgan fingerprint density at radius 3 is 1.36 bits per heavy atom. The number of aliphatic hydroxyl groups is 2. The molecule has 8 aliphatic carbocycles. The standard InChI is InChI=1S/C29H48N2O4.C23H37BrO3.C7H13NO.CH4/c1-20(32)31-15-13-30(14-16-31)18-26(33)25-8-7-23-22-6-5-21-17-27(2,34)11-12-29(21,19-35-4)24(22)9-10-28(23,25)3;1-21(26)10-11-23(14-27-3)15(12-21)4-5-16-17-6-7-19(20(25)13-24)22(17,2)9-8-18(16)23;1-7(9)8-5-3-2-4-6-8;/h21-25,34H,5-19H2,1-4H3;15-19,26H,4-14H2,1-3H3;2-6H2,1H3;1H4/t21-,22-,23-,24-,25+,27+,28-,29+;15-,16-,17-,18-,19+,21+,22-,23+;;/m00../s1. The zero-order valence-electron chi connectivity index (χ0n) is 45.8. The van der Waals surface area contributed by atoms with Crippen molar-refractivity contribution in [3.05, 3.63) is 0 Å². The van der Waals surface area contributed by atoms with Crippen LogP contribution in [0.15, 0.2) is 0 Å². The molecule has 0 aromatic heterocycles. The Morgan fingerprint density at radius 1 is 0.528 bits per heavy atom. The lowest BCUT2D eigenvalue weighted by molar-refractivity contribution is -0.175. The van der Waals surface area contributed by atoms with Gasteiger partial charge in [-0.1, -0.05) is 37.2 Å². The van der Waals surface area contributed by atoms with Gasteiger partial charge in [-0.3, -0.25) is 24.1 Å². The molecule has 12 heteroatoms. The number of carbonyl (C=O) groups excluding carboxylic acids is 4. The summed E-state index contributed by atoms with van der Waals surface area (Å²) in [7, 11) is 3.71. The van der Waals surface area contributed by atoms with Crippen LogP contribution in [-0.2, 0) is 28.7 Å². The summed E-state index contributed by atoms with van der Waals surface area (Å²) in [5.41, 5.74) is -0.246. The first kappa shape index (κ1) is 58.2. The number of fused-ring (bicyclic) bond motifs is 10. The molecule has 11 nitrogen and oxygen atoms in total. The molecule has 0 radical (unpaired) electrons. The second-order valence-corrected chi connectivity index (χ2v) is 27.4. The summed E-state index contributed by atoms with van der Waals surface area (Å²) in [5.74, 6) is 6.98. The van der Waals surface area contributed by atoms with Gasteiger partial charge in [-0.05, 0) is 218 Å². The van der Waals surface area contributed by atoms with Crippen LogP contribution in [0.5, 0.6) is 0 Å². The van der Waals surface area contributed by atoms with E-state index in [1.165, 1.54) is 77.0 Å². The van der Waals surface area contributed by atoms with Crippen LogP contribution < -0.4 is 0 Å². The van der Waals surface area contributed by atoms with Gasteiger partial charge in [-0.15, -0.1) is 0 Å². The molecule has 10 fully saturated rings. The Bertz CT molecular complexity index is 1880. The minimum absolute atomic E-state index is 0. The van der Waals surface area contributed by atoms with Gasteiger partial charge in [-0.2, -0.15) is 0 Å². The van der Waals surface area contributed by atoms with Crippen LogP contribution in [-0.4, -0.2) is 138 Å². The molecule has 0 aromatic carbocycles. The Balaban J connectivity index is 0.000000182. The van der Waals surface area contributed by atoms with Crippen molar-refractivity contribution in [2.75, 3.05) is 78.6 Å². The fraction of sp³-hybridized carbons (Fsp3) is 0.933. The maximum absolute atomic E-state index is 13.6. The number of likely N-dealkylation sites (tertiary alicyclic amines) is 1. The number of ketones is 2. The number of amides is 2. The first-order chi connectivity index (χ1) is 33.7. The zero-order chi connectivity index (χ0) is 51.1. The van der Waals surface area contributed by atoms with Gasteiger partial charge in [0.25, 0.3) is 0 Å². The molecule has 10 aliphatic rings. The lowest BCUT2D eigenvalue weighted by atomic mass is 9.43. The maximum Gasteiger partial charge on any atom is 0.219 e. The van der Waals surface area contributed by atoms with E-state index in [2.05, 4.69) is 34.7 Å². The van der Waals surface area contributed by atoms with E-state index in [1.54, 1.807) is 13.8 Å². The van der Waals surface area contributed by atoms with Crippen molar-refractivity contribution in [1.82, 2.24) is 14.7 Å². The molecule has 2 N–H and O–H groups in total. The van der Waals surface area contributed by atoms with Gasteiger partial charge in [0.2, 0.25) is 11.8 Å².